The van der Waals surface area contributed by atoms with Crippen molar-refractivity contribution < 1.29 is 0 Å². The zero-order valence-electron chi connectivity index (χ0n) is 8.88. The fraction of sp³-hybridized carbons (Fsp3) is 0.600. The molecule has 0 aliphatic carbocycles. The van der Waals surface area contributed by atoms with Crippen LogP contribution in [0.1, 0.15) is 11.8 Å². The van der Waals surface area contributed by atoms with Gasteiger partial charge in [0.1, 0.15) is 0 Å². The number of thiophene rings is 1. The van der Waals surface area contributed by atoms with Crippen LogP contribution < -0.4 is 5.32 Å². The standard InChI is InChI=1S/C10H17ClN2S/c1-8(6-12-2)13(3)7-9-4-5-10(11)14-9/h4-5,8,12H,6-7H2,1-3H3. The normalized spacial score (nSPS) is 13.5. The first-order valence-corrected chi connectivity index (χ1v) is 5.92. The van der Waals surface area contributed by atoms with Crippen molar-refractivity contribution in [1.82, 2.24) is 10.2 Å². The van der Waals surface area contributed by atoms with E-state index in [4.69, 9.17) is 11.6 Å². The molecule has 1 aromatic rings. The summed E-state index contributed by atoms with van der Waals surface area (Å²) < 4.78 is 0.870. The van der Waals surface area contributed by atoms with Crippen LogP contribution in [0, 0.1) is 0 Å². The fourth-order valence-corrected chi connectivity index (χ4v) is 2.44. The largest absolute Gasteiger partial charge is 0.318 e. The minimum Gasteiger partial charge on any atom is -0.318 e. The van der Waals surface area contributed by atoms with Gasteiger partial charge in [0.25, 0.3) is 0 Å². The zero-order chi connectivity index (χ0) is 10.6. The minimum absolute atomic E-state index is 0.542. The summed E-state index contributed by atoms with van der Waals surface area (Å²) in [5.41, 5.74) is 0. The van der Waals surface area contributed by atoms with Crippen molar-refractivity contribution in [2.45, 2.75) is 19.5 Å². The van der Waals surface area contributed by atoms with E-state index in [1.165, 1.54) is 4.88 Å². The number of halogens is 1. The van der Waals surface area contributed by atoms with E-state index in [9.17, 15) is 0 Å². The van der Waals surface area contributed by atoms with Gasteiger partial charge in [-0.2, -0.15) is 0 Å². The molecule has 1 aromatic heterocycles. The van der Waals surface area contributed by atoms with E-state index in [2.05, 4.69) is 30.3 Å². The topological polar surface area (TPSA) is 15.3 Å². The average Bonchev–Trinajstić information content (AvgIpc) is 2.51. The molecule has 1 atom stereocenters. The molecule has 0 fully saturated rings. The molecule has 4 heteroatoms. The van der Waals surface area contributed by atoms with E-state index in [-0.39, 0.29) is 0 Å². The van der Waals surface area contributed by atoms with Gasteiger partial charge in [-0.1, -0.05) is 11.6 Å². The van der Waals surface area contributed by atoms with Gasteiger partial charge < -0.3 is 5.32 Å². The van der Waals surface area contributed by atoms with Gasteiger partial charge in [0.15, 0.2) is 0 Å². The Bertz CT molecular complexity index is 275. The summed E-state index contributed by atoms with van der Waals surface area (Å²) in [6, 6.07) is 4.59. The molecule has 0 aliphatic rings. The molecule has 0 aromatic carbocycles. The van der Waals surface area contributed by atoms with Crippen LogP contribution in [0.2, 0.25) is 4.34 Å². The lowest BCUT2D eigenvalue weighted by molar-refractivity contribution is 0.248. The van der Waals surface area contributed by atoms with Gasteiger partial charge in [0, 0.05) is 24.0 Å². The molecule has 0 saturated heterocycles. The van der Waals surface area contributed by atoms with Crippen molar-refractivity contribution in [3.63, 3.8) is 0 Å². The lowest BCUT2D eigenvalue weighted by atomic mass is 10.3. The first kappa shape index (κ1) is 12.0. The monoisotopic (exact) mass is 232 g/mol. The molecular formula is C10H17ClN2S. The molecule has 1 rings (SSSR count). The van der Waals surface area contributed by atoms with Gasteiger partial charge in [0.2, 0.25) is 0 Å². The molecule has 14 heavy (non-hydrogen) atoms. The van der Waals surface area contributed by atoms with Crippen LogP contribution >= 0.6 is 22.9 Å². The van der Waals surface area contributed by atoms with E-state index >= 15 is 0 Å². The maximum absolute atomic E-state index is 5.87. The van der Waals surface area contributed by atoms with Crippen LogP contribution in [-0.2, 0) is 6.54 Å². The Morgan fingerprint density at radius 3 is 2.79 bits per heavy atom. The maximum Gasteiger partial charge on any atom is 0.0931 e. The summed E-state index contributed by atoms with van der Waals surface area (Å²) in [5.74, 6) is 0. The van der Waals surface area contributed by atoms with Crippen LogP contribution in [-0.4, -0.2) is 31.6 Å². The molecule has 0 bridgehead atoms. The molecule has 0 radical (unpaired) electrons. The van der Waals surface area contributed by atoms with Gasteiger partial charge in [-0.25, -0.2) is 0 Å². The van der Waals surface area contributed by atoms with Crippen molar-refractivity contribution in [2.75, 3.05) is 20.6 Å². The second-order valence-electron chi connectivity index (χ2n) is 3.53. The molecule has 1 unspecified atom stereocenters. The Hall–Kier alpha value is -0.0900. The van der Waals surface area contributed by atoms with Crippen LogP contribution in [0.25, 0.3) is 0 Å². The Balaban J connectivity index is 2.43. The Labute approximate surface area is 94.9 Å². The predicted octanol–water partition coefficient (Wildman–Crippen LogP) is 2.44. The Kier molecular flexibility index (Phi) is 4.89. The number of hydrogen-bond acceptors (Lipinski definition) is 3. The lowest BCUT2D eigenvalue weighted by Gasteiger charge is -2.23. The summed E-state index contributed by atoms with van der Waals surface area (Å²) in [4.78, 5) is 3.64. The number of likely N-dealkylation sites (N-methyl/N-ethyl adjacent to an activating group) is 2. The summed E-state index contributed by atoms with van der Waals surface area (Å²) >= 11 is 7.53. The lowest BCUT2D eigenvalue weighted by Crippen LogP contribution is -2.35. The number of nitrogens with zero attached hydrogens (tertiary/aromatic N) is 1. The van der Waals surface area contributed by atoms with Crippen molar-refractivity contribution in [1.29, 1.82) is 0 Å². The van der Waals surface area contributed by atoms with Crippen LogP contribution in [0.15, 0.2) is 12.1 Å². The maximum atomic E-state index is 5.87. The smallest absolute Gasteiger partial charge is 0.0931 e. The summed E-state index contributed by atoms with van der Waals surface area (Å²) in [5, 5.41) is 3.18. The van der Waals surface area contributed by atoms with E-state index < -0.39 is 0 Å². The van der Waals surface area contributed by atoms with Gasteiger partial charge in [-0.3, -0.25) is 4.90 Å². The average molecular weight is 233 g/mol. The van der Waals surface area contributed by atoms with E-state index in [1.807, 2.05) is 13.1 Å². The minimum atomic E-state index is 0.542. The third kappa shape index (κ3) is 3.58. The van der Waals surface area contributed by atoms with Crippen molar-refractivity contribution in [2.24, 2.45) is 0 Å². The molecule has 0 spiro atoms. The second-order valence-corrected chi connectivity index (χ2v) is 5.33. The molecule has 1 heterocycles. The van der Waals surface area contributed by atoms with E-state index in [0.29, 0.717) is 6.04 Å². The second kappa shape index (κ2) is 5.71. The molecule has 0 amide bonds. The molecule has 80 valence electrons. The SMILES string of the molecule is CNCC(C)N(C)Cc1ccc(Cl)s1. The summed E-state index contributed by atoms with van der Waals surface area (Å²) in [6.45, 7) is 4.20. The van der Waals surface area contributed by atoms with Crippen molar-refractivity contribution in [3.05, 3.63) is 21.3 Å². The Morgan fingerprint density at radius 1 is 1.57 bits per heavy atom. The number of nitrogens with one attached hydrogen (secondary N) is 1. The van der Waals surface area contributed by atoms with E-state index in [1.54, 1.807) is 11.3 Å². The first-order chi connectivity index (χ1) is 6.63. The molecule has 1 N–H and O–H groups in total. The zero-order valence-corrected chi connectivity index (χ0v) is 10.5. The van der Waals surface area contributed by atoms with Crippen LogP contribution in [0.4, 0.5) is 0 Å². The molecular weight excluding hydrogens is 216 g/mol. The third-order valence-corrected chi connectivity index (χ3v) is 3.50. The van der Waals surface area contributed by atoms with Crippen molar-refractivity contribution in [3.8, 4) is 0 Å². The molecule has 0 saturated carbocycles. The quantitative estimate of drug-likeness (QED) is 0.839. The van der Waals surface area contributed by atoms with Crippen molar-refractivity contribution >= 4 is 22.9 Å². The van der Waals surface area contributed by atoms with Gasteiger partial charge in [0.05, 0.1) is 4.34 Å². The highest BCUT2D eigenvalue weighted by Gasteiger charge is 2.09. The van der Waals surface area contributed by atoms with Crippen LogP contribution in [0.3, 0.4) is 0 Å². The van der Waals surface area contributed by atoms with Gasteiger partial charge in [-0.05, 0) is 33.2 Å². The van der Waals surface area contributed by atoms with Crippen LogP contribution in [0.5, 0.6) is 0 Å². The summed E-state index contributed by atoms with van der Waals surface area (Å²) in [6.07, 6.45) is 0. The number of hydrogen-bond donors (Lipinski definition) is 1. The first-order valence-electron chi connectivity index (χ1n) is 4.72. The highest BCUT2D eigenvalue weighted by atomic mass is 35.5. The van der Waals surface area contributed by atoms with Gasteiger partial charge in [-0.15, -0.1) is 11.3 Å². The number of rotatable bonds is 5. The highest BCUT2D eigenvalue weighted by molar-refractivity contribution is 7.16. The highest BCUT2D eigenvalue weighted by Crippen LogP contribution is 2.22. The predicted molar refractivity (Wildman–Crippen MR) is 64.2 cm³/mol. The molecule has 0 aliphatic heterocycles. The fourth-order valence-electron chi connectivity index (χ4n) is 1.29. The molecule has 2 nitrogen and oxygen atoms in total. The summed E-state index contributed by atoms with van der Waals surface area (Å²) in [7, 11) is 4.11. The van der Waals surface area contributed by atoms with E-state index in [0.717, 1.165) is 17.4 Å². The Morgan fingerprint density at radius 2 is 2.29 bits per heavy atom. The third-order valence-electron chi connectivity index (χ3n) is 2.29. The van der Waals surface area contributed by atoms with Gasteiger partial charge >= 0.3 is 0 Å².